The molecule has 1 N–H and O–H groups in total. The number of methoxy groups -OCH3 is 2. The number of carbonyl (C=O) groups is 1. The number of ether oxygens (including phenoxy) is 2. The molecule has 6 nitrogen and oxygen atoms in total. The van der Waals surface area contributed by atoms with Crippen molar-refractivity contribution in [2.24, 2.45) is 5.10 Å². The van der Waals surface area contributed by atoms with Crippen LogP contribution in [0.4, 0.5) is 0 Å². The highest BCUT2D eigenvalue weighted by atomic mass is 79.9. The number of nitrogens with zero attached hydrogens (tertiary/aromatic N) is 2. The second-order valence-corrected chi connectivity index (χ2v) is 5.79. The highest BCUT2D eigenvalue weighted by Crippen LogP contribution is 2.31. The Labute approximate surface area is 154 Å². The third kappa shape index (κ3) is 4.58. The Bertz CT molecular complexity index is 816. The first-order chi connectivity index (χ1) is 12.1. The number of halogens is 1. The highest BCUT2D eigenvalue weighted by Gasteiger charge is 2.19. The standard InChI is InChI=1S/C18H16BrN3O3/c1-24-16-9-17(25-2)15(19)8-13(16)11-21-22-18(23)14(10-20)12-6-4-3-5-7-12/h3-9,11,14H,1-2H3,(H,22,23)/b21-11-/t14-/m1/s1. The SMILES string of the molecule is COc1cc(OC)c(/C=N\NC(=O)[C@H](C#N)c2ccccc2)cc1Br. The summed E-state index contributed by atoms with van der Waals surface area (Å²) in [5.41, 5.74) is 3.64. The first-order valence-electron chi connectivity index (χ1n) is 7.29. The van der Waals surface area contributed by atoms with E-state index >= 15 is 0 Å². The molecule has 1 amide bonds. The van der Waals surface area contributed by atoms with Crippen LogP contribution in [0, 0.1) is 11.3 Å². The van der Waals surface area contributed by atoms with Gasteiger partial charge in [-0.15, -0.1) is 0 Å². The lowest BCUT2D eigenvalue weighted by molar-refractivity contribution is -0.121. The normalized spacial score (nSPS) is 11.6. The van der Waals surface area contributed by atoms with Crippen molar-refractivity contribution in [2.45, 2.75) is 5.92 Å². The lowest BCUT2D eigenvalue weighted by atomic mass is 10.0. The Morgan fingerprint density at radius 3 is 2.52 bits per heavy atom. The summed E-state index contributed by atoms with van der Waals surface area (Å²) in [5, 5.41) is 13.2. The molecule has 0 aliphatic carbocycles. The zero-order chi connectivity index (χ0) is 18.2. The van der Waals surface area contributed by atoms with Gasteiger partial charge in [-0.1, -0.05) is 30.3 Å². The number of hydrazone groups is 1. The van der Waals surface area contributed by atoms with E-state index < -0.39 is 11.8 Å². The average molecular weight is 402 g/mol. The molecular weight excluding hydrogens is 386 g/mol. The van der Waals surface area contributed by atoms with Gasteiger partial charge < -0.3 is 9.47 Å². The van der Waals surface area contributed by atoms with Crippen LogP contribution in [0.25, 0.3) is 0 Å². The van der Waals surface area contributed by atoms with E-state index in [0.29, 0.717) is 22.6 Å². The van der Waals surface area contributed by atoms with E-state index in [0.717, 1.165) is 4.47 Å². The van der Waals surface area contributed by atoms with Crippen LogP contribution in [0.5, 0.6) is 11.5 Å². The molecule has 0 radical (unpaired) electrons. The predicted molar refractivity (Wildman–Crippen MR) is 97.8 cm³/mol. The Hall–Kier alpha value is -2.85. The minimum Gasteiger partial charge on any atom is -0.496 e. The van der Waals surface area contributed by atoms with Gasteiger partial charge in [0.25, 0.3) is 5.91 Å². The number of carbonyl (C=O) groups excluding carboxylic acids is 1. The topological polar surface area (TPSA) is 83.7 Å². The second kappa shape index (κ2) is 8.85. The van der Waals surface area contributed by atoms with E-state index in [9.17, 15) is 10.1 Å². The minimum atomic E-state index is -0.928. The smallest absolute Gasteiger partial charge is 0.261 e. The van der Waals surface area contributed by atoms with Crippen LogP contribution in [0.1, 0.15) is 17.0 Å². The minimum absolute atomic E-state index is 0.503. The van der Waals surface area contributed by atoms with Crippen LogP contribution in [0.2, 0.25) is 0 Å². The molecule has 0 saturated heterocycles. The molecule has 0 spiro atoms. The monoisotopic (exact) mass is 401 g/mol. The number of hydrogen-bond acceptors (Lipinski definition) is 5. The summed E-state index contributed by atoms with van der Waals surface area (Å²) in [6, 6.07) is 14.3. The zero-order valence-electron chi connectivity index (χ0n) is 13.7. The van der Waals surface area contributed by atoms with Gasteiger partial charge in [-0.2, -0.15) is 10.4 Å². The van der Waals surface area contributed by atoms with Crippen molar-refractivity contribution in [3.8, 4) is 17.6 Å². The van der Waals surface area contributed by atoms with Gasteiger partial charge >= 0.3 is 0 Å². The molecule has 25 heavy (non-hydrogen) atoms. The molecule has 0 aliphatic heterocycles. The Morgan fingerprint density at radius 1 is 1.24 bits per heavy atom. The van der Waals surface area contributed by atoms with Gasteiger partial charge in [-0.05, 0) is 27.6 Å². The maximum absolute atomic E-state index is 12.2. The van der Waals surface area contributed by atoms with E-state index in [4.69, 9.17) is 9.47 Å². The zero-order valence-corrected chi connectivity index (χ0v) is 15.3. The predicted octanol–water partition coefficient (Wildman–Crippen LogP) is 3.22. The number of hydrogen-bond donors (Lipinski definition) is 1. The van der Waals surface area contributed by atoms with Crippen molar-refractivity contribution in [1.82, 2.24) is 5.43 Å². The third-order valence-electron chi connectivity index (χ3n) is 3.41. The van der Waals surface area contributed by atoms with E-state index in [-0.39, 0.29) is 0 Å². The fourth-order valence-corrected chi connectivity index (χ4v) is 2.67. The summed E-state index contributed by atoms with van der Waals surface area (Å²) in [6.07, 6.45) is 1.44. The fraction of sp³-hybridized carbons (Fsp3) is 0.167. The van der Waals surface area contributed by atoms with Gasteiger partial charge in [0, 0.05) is 11.6 Å². The molecular formula is C18H16BrN3O3. The molecule has 0 heterocycles. The molecule has 2 rings (SSSR count). The van der Waals surface area contributed by atoms with Crippen LogP contribution in [-0.4, -0.2) is 26.3 Å². The quantitative estimate of drug-likeness (QED) is 0.594. The maximum Gasteiger partial charge on any atom is 0.261 e. The second-order valence-electron chi connectivity index (χ2n) is 4.94. The highest BCUT2D eigenvalue weighted by molar-refractivity contribution is 9.10. The molecule has 2 aromatic rings. The number of amides is 1. The van der Waals surface area contributed by atoms with E-state index in [1.54, 1.807) is 43.5 Å². The molecule has 0 aliphatic rings. The van der Waals surface area contributed by atoms with Crippen molar-refractivity contribution in [3.05, 3.63) is 58.1 Å². The molecule has 0 aromatic heterocycles. The lowest BCUT2D eigenvalue weighted by Gasteiger charge is -2.10. The molecule has 0 fully saturated rings. The molecule has 0 saturated carbocycles. The molecule has 1 atom stereocenters. The Morgan fingerprint density at radius 2 is 1.92 bits per heavy atom. The lowest BCUT2D eigenvalue weighted by Crippen LogP contribution is -2.24. The van der Waals surface area contributed by atoms with E-state index in [1.165, 1.54) is 13.3 Å². The number of nitriles is 1. The summed E-state index contributed by atoms with van der Waals surface area (Å²) in [6.45, 7) is 0. The molecule has 0 unspecified atom stereocenters. The largest absolute Gasteiger partial charge is 0.496 e. The molecule has 128 valence electrons. The van der Waals surface area contributed by atoms with Crippen LogP contribution in [-0.2, 0) is 4.79 Å². The summed E-state index contributed by atoms with van der Waals surface area (Å²) < 4.78 is 11.2. The van der Waals surface area contributed by atoms with E-state index in [1.807, 2.05) is 12.1 Å². The van der Waals surface area contributed by atoms with Gasteiger partial charge in [0.15, 0.2) is 5.92 Å². The van der Waals surface area contributed by atoms with Crippen molar-refractivity contribution in [2.75, 3.05) is 14.2 Å². The molecule has 0 bridgehead atoms. The van der Waals surface area contributed by atoms with Crippen molar-refractivity contribution < 1.29 is 14.3 Å². The van der Waals surface area contributed by atoms with Gasteiger partial charge in [0.2, 0.25) is 0 Å². The first kappa shape index (κ1) is 18.5. The van der Waals surface area contributed by atoms with Crippen LogP contribution in [0.15, 0.2) is 52.0 Å². The average Bonchev–Trinajstić information content (AvgIpc) is 2.63. The number of rotatable bonds is 6. The van der Waals surface area contributed by atoms with Gasteiger partial charge in [0.1, 0.15) is 11.5 Å². The van der Waals surface area contributed by atoms with Crippen molar-refractivity contribution in [3.63, 3.8) is 0 Å². The summed E-state index contributed by atoms with van der Waals surface area (Å²) in [7, 11) is 3.08. The summed E-state index contributed by atoms with van der Waals surface area (Å²) >= 11 is 3.38. The summed E-state index contributed by atoms with van der Waals surface area (Å²) in [4.78, 5) is 12.2. The van der Waals surface area contributed by atoms with Gasteiger partial charge in [-0.3, -0.25) is 4.79 Å². The third-order valence-corrected chi connectivity index (χ3v) is 4.03. The van der Waals surface area contributed by atoms with Gasteiger partial charge in [0.05, 0.1) is 31.0 Å². The van der Waals surface area contributed by atoms with Crippen LogP contribution >= 0.6 is 15.9 Å². The molecule has 7 heteroatoms. The van der Waals surface area contributed by atoms with Crippen LogP contribution < -0.4 is 14.9 Å². The Balaban J connectivity index is 2.14. The van der Waals surface area contributed by atoms with Gasteiger partial charge in [-0.25, -0.2) is 5.43 Å². The van der Waals surface area contributed by atoms with Crippen molar-refractivity contribution >= 4 is 28.1 Å². The fourth-order valence-electron chi connectivity index (χ4n) is 2.14. The molecule has 2 aromatic carbocycles. The van der Waals surface area contributed by atoms with Crippen LogP contribution in [0.3, 0.4) is 0 Å². The first-order valence-corrected chi connectivity index (χ1v) is 8.09. The maximum atomic E-state index is 12.2. The summed E-state index contributed by atoms with van der Waals surface area (Å²) in [5.74, 6) is -0.274. The van der Waals surface area contributed by atoms with Crippen molar-refractivity contribution in [1.29, 1.82) is 5.26 Å². The number of benzene rings is 2. The van der Waals surface area contributed by atoms with E-state index in [2.05, 4.69) is 26.5 Å². The number of nitrogens with one attached hydrogen (secondary N) is 1. The Kier molecular flexibility index (Phi) is 6.54.